The molecule has 4 atom stereocenters. The van der Waals surface area contributed by atoms with Crippen molar-refractivity contribution in [2.45, 2.75) is 78.7 Å². The van der Waals surface area contributed by atoms with E-state index in [9.17, 15) is 0 Å². The maximum absolute atomic E-state index is 3.76. The van der Waals surface area contributed by atoms with Crippen LogP contribution < -0.4 is 5.32 Å². The molecule has 0 aromatic rings. The summed E-state index contributed by atoms with van der Waals surface area (Å²) in [6.07, 6.45) is 9.94. The molecule has 0 heterocycles. The molecular weight excluding hydrogens is 206 g/mol. The highest BCUT2D eigenvalue weighted by atomic mass is 14.9. The Morgan fingerprint density at radius 3 is 2.59 bits per heavy atom. The van der Waals surface area contributed by atoms with Crippen molar-refractivity contribution in [3.63, 3.8) is 0 Å². The van der Waals surface area contributed by atoms with Gasteiger partial charge in [0.1, 0.15) is 0 Å². The Bertz CT molecular complexity index is 190. The topological polar surface area (TPSA) is 12.0 Å². The van der Waals surface area contributed by atoms with Crippen LogP contribution in [-0.2, 0) is 0 Å². The van der Waals surface area contributed by atoms with Crippen molar-refractivity contribution in [1.82, 2.24) is 5.32 Å². The summed E-state index contributed by atoms with van der Waals surface area (Å²) in [6, 6.07) is 0.782. The van der Waals surface area contributed by atoms with Crippen LogP contribution in [0.1, 0.15) is 72.6 Å². The first-order valence-corrected chi connectivity index (χ1v) is 7.90. The fourth-order valence-corrected chi connectivity index (χ4v) is 3.60. The fourth-order valence-electron chi connectivity index (χ4n) is 3.60. The van der Waals surface area contributed by atoms with Crippen molar-refractivity contribution >= 4 is 0 Å². The lowest BCUT2D eigenvalue weighted by Gasteiger charge is -2.35. The van der Waals surface area contributed by atoms with Gasteiger partial charge in [0.2, 0.25) is 0 Å². The average Bonchev–Trinajstić information content (AvgIpc) is 2.29. The van der Waals surface area contributed by atoms with Crippen molar-refractivity contribution in [2.75, 3.05) is 6.54 Å². The van der Waals surface area contributed by atoms with Crippen LogP contribution in [0.15, 0.2) is 0 Å². The van der Waals surface area contributed by atoms with Crippen LogP contribution >= 0.6 is 0 Å². The van der Waals surface area contributed by atoms with Gasteiger partial charge in [-0.15, -0.1) is 0 Å². The van der Waals surface area contributed by atoms with Crippen LogP contribution in [0.3, 0.4) is 0 Å². The lowest BCUT2D eigenvalue weighted by atomic mass is 9.76. The molecule has 1 aliphatic carbocycles. The van der Waals surface area contributed by atoms with Gasteiger partial charge < -0.3 is 5.32 Å². The Hall–Kier alpha value is -0.0400. The highest BCUT2D eigenvalue weighted by Gasteiger charge is 2.26. The van der Waals surface area contributed by atoms with E-state index >= 15 is 0 Å². The van der Waals surface area contributed by atoms with Gasteiger partial charge in [-0.1, -0.05) is 53.4 Å². The van der Waals surface area contributed by atoms with Crippen LogP contribution in [0.4, 0.5) is 0 Å². The van der Waals surface area contributed by atoms with E-state index in [1.165, 1.54) is 44.9 Å². The molecule has 102 valence electrons. The van der Waals surface area contributed by atoms with Gasteiger partial charge in [0.05, 0.1) is 0 Å². The van der Waals surface area contributed by atoms with Gasteiger partial charge in [-0.2, -0.15) is 0 Å². The molecule has 1 aliphatic rings. The van der Waals surface area contributed by atoms with Crippen LogP contribution in [0.5, 0.6) is 0 Å². The Balaban J connectivity index is 2.45. The van der Waals surface area contributed by atoms with Crippen LogP contribution in [0.2, 0.25) is 0 Å². The molecule has 0 aromatic carbocycles. The Morgan fingerprint density at radius 2 is 2.00 bits per heavy atom. The minimum atomic E-state index is 0.782. The second-order valence-corrected chi connectivity index (χ2v) is 6.33. The molecule has 0 saturated heterocycles. The Kier molecular flexibility index (Phi) is 7.18. The normalized spacial score (nSPS) is 28.9. The zero-order valence-corrected chi connectivity index (χ0v) is 12.5. The summed E-state index contributed by atoms with van der Waals surface area (Å²) >= 11 is 0. The number of hydrogen-bond donors (Lipinski definition) is 1. The summed E-state index contributed by atoms with van der Waals surface area (Å²) < 4.78 is 0. The van der Waals surface area contributed by atoms with Crippen molar-refractivity contribution in [3.05, 3.63) is 0 Å². The Labute approximate surface area is 109 Å². The molecule has 4 unspecified atom stereocenters. The summed E-state index contributed by atoms with van der Waals surface area (Å²) in [5.41, 5.74) is 0. The standard InChI is InChI=1S/C16H33N/c1-5-8-13(3)12-16(17-6-2)15-10-7-9-14(4)11-15/h13-17H,5-12H2,1-4H3. The number of hydrogen-bond acceptors (Lipinski definition) is 1. The van der Waals surface area contributed by atoms with E-state index in [0.717, 1.165) is 30.3 Å². The molecule has 17 heavy (non-hydrogen) atoms. The van der Waals surface area contributed by atoms with E-state index in [2.05, 4.69) is 33.0 Å². The van der Waals surface area contributed by atoms with Gasteiger partial charge in [0, 0.05) is 6.04 Å². The van der Waals surface area contributed by atoms with Gasteiger partial charge >= 0.3 is 0 Å². The lowest BCUT2D eigenvalue weighted by Crippen LogP contribution is -2.39. The molecule has 0 aliphatic heterocycles. The minimum absolute atomic E-state index is 0.782. The van der Waals surface area contributed by atoms with Gasteiger partial charge in [0.25, 0.3) is 0 Å². The monoisotopic (exact) mass is 239 g/mol. The highest BCUT2D eigenvalue weighted by molar-refractivity contribution is 4.82. The van der Waals surface area contributed by atoms with E-state index in [-0.39, 0.29) is 0 Å². The largest absolute Gasteiger partial charge is 0.314 e. The van der Waals surface area contributed by atoms with E-state index in [0.29, 0.717) is 0 Å². The molecule has 1 rings (SSSR count). The first-order chi connectivity index (χ1) is 8.17. The van der Waals surface area contributed by atoms with Gasteiger partial charge in [-0.05, 0) is 43.6 Å². The summed E-state index contributed by atoms with van der Waals surface area (Å²) in [5, 5.41) is 3.76. The van der Waals surface area contributed by atoms with Crippen molar-refractivity contribution in [1.29, 1.82) is 0 Å². The first kappa shape index (κ1) is 15.0. The summed E-state index contributed by atoms with van der Waals surface area (Å²) in [4.78, 5) is 0. The second kappa shape index (κ2) is 8.13. The maximum atomic E-state index is 3.76. The van der Waals surface area contributed by atoms with E-state index in [1.807, 2.05) is 0 Å². The highest BCUT2D eigenvalue weighted by Crippen LogP contribution is 2.33. The zero-order chi connectivity index (χ0) is 12.7. The van der Waals surface area contributed by atoms with Gasteiger partial charge in [-0.3, -0.25) is 0 Å². The quantitative estimate of drug-likeness (QED) is 0.683. The van der Waals surface area contributed by atoms with Gasteiger partial charge in [-0.25, -0.2) is 0 Å². The summed E-state index contributed by atoms with van der Waals surface area (Å²) in [5.74, 6) is 2.79. The SMILES string of the molecule is CCCC(C)CC(NCC)C1CCCC(C)C1. The number of rotatable bonds is 7. The van der Waals surface area contributed by atoms with Crippen LogP contribution in [-0.4, -0.2) is 12.6 Å². The van der Waals surface area contributed by atoms with E-state index < -0.39 is 0 Å². The molecule has 0 amide bonds. The summed E-state index contributed by atoms with van der Waals surface area (Å²) in [6.45, 7) is 10.6. The molecule has 0 bridgehead atoms. The predicted molar refractivity (Wildman–Crippen MR) is 77.3 cm³/mol. The van der Waals surface area contributed by atoms with E-state index in [4.69, 9.17) is 0 Å². The summed E-state index contributed by atoms with van der Waals surface area (Å²) in [7, 11) is 0. The third-order valence-electron chi connectivity index (χ3n) is 4.45. The van der Waals surface area contributed by atoms with E-state index in [1.54, 1.807) is 0 Å². The second-order valence-electron chi connectivity index (χ2n) is 6.33. The molecular formula is C16H33N. The lowest BCUT2D eigenvalue weighted by molar-refractivity contribution is 0.200. The smallest absolute Gasteiger partial charge is 0.00978 e. The Morgan fingerprint density at radius 1 is 1.24 bits per heavy atom. The minimum Gasteiger partial charge on any atom is -0.314 e. The van der Waals surface area contributed by atoms with Crippen molar-refractivity contribution < 1.29 is 0 Å². The number of nitrogens with one attached hydrogen (secondary N) is 1. The fraction of sp³-hybridized carbons (Fsp3) is 1.00. The van der Waals surface area contributed by atoms with Crippen LogP contribution in [0.25, 0.3) is 0 Å². The molecule has 1 N–H and O–H groups in total. The molecule has 0 radical (unpaired) electrons. The third kappa shape index (κ3) is 5.42. The zero-order valence-electron chi connectivity index (χ0n) is 12.5. The maximum Gasteiger partial charge on any atom is 0.00978 e. The molecule has 1 saturated carbocycles. The molecule has 0 spiro atoms. The third-order valence-corrected chi connectivity index (χ3v) is 4.45. The average molecular weight is 239 g/mol. The van der Waals surface area contributed by atoms with Gasteiger partial charge in [0.15, 0.2) is 0 Å². The predicted octanol–water partition coefficient (Wildman–Crippen LogP) is 4.62. The molecule has 1 heteroatoms. The molecule has 1 fully saturated rings. The molecule has 1 nitrogen and oxygen atoms in total. The first-order valence-electron chi connectivity index (χ1n) is 7.90. The van der Waals surface area contributed by atoms with Crippen molar-refractivity contribution in [3.8, 4) is 0 Å². The molecule has 0 aromatic heterocycles. The van der Waals surface area contributed by atoms with Crippen molar-refractivity contribution in [2.24, 2.45) is 17.8 Å². The van der Waals surface area contributed by atoms with Crippen LogP contribution in [0, 0.1) is 17.8 Å².